The van der Waals surface area contributed by atoms with Crippen molar-refractivity contribution in [2.45, 2.75) is 0 Å². The van der Waals surface area contributed by atoms with Crippen molar-refractivity contribution < 1.29 is 25.2 Å². The summed E-state index contributed by atoms with van der Waals surface area (Å²) in [7, 11) is 0. The number of aromatic hydroxyl groups is 4. The van der Waals surface area contributed by atoms with Crippen molar-refractivity contribution in [1.82, 2.24) is 0 Å². The van der Waals surface area contributed by atoms with E-state index < -0.39 is 28.8 Å². The van der Waals surface area contributed by atoms with Gasteiger partial charge in [-0.25, -0.2) is 0 Å². The molecular weight excluding hydrogens is 236 g/mol. The smallest absolute Gasteiger partial charge is 0.205 e. The second-order valence-electron chi connectivity index (χ2n) is 3.68. The number of phenolic OH excluding ortho intramolecular Hbond substituents is 4. The summed E-state index contributed by atoms with van der Waals surface area (Å²) in [5.74, 6) is -3.80. The molecule has 0 aliphatic carbocycles. The molecule has 2 rings (SSSR count). The third kappa shape index (κ3) is 1.82. The fourth-order valence-corrected chi connectivity index (χ4v) is 1.55. The number of carbonyl (C=O) groups is 1. The highest BCUT2D eigenvalue weighted by atomic mass is 16.3. The van der Waals surface area contributed by atoms with Crippen LogP contribution in [0.15, 0.2) is 36.4 Å². The molecule has 92 valence electrons. The average molecular weight is 246 g/mol. The fraction of sp³-hybridized carbons (Fsp3) is 0. The van der Waals surface area contributed by atoms with Crippen molar-refractivity contribution in [2.24, 2.45) is 0 Å². The lowest BCUT2D eigenvalue weighted by Crippen LogP contribution is -2.01. The molecule has 0 aliphatic rings. The largest absolute Gasteiger partial charge is 0.504 e. The first-order valence-corrected chi connectivity index (χ1v) is 5.09. The molecule has 5 nitrogen and oxygen atoms in total. The van der Waals surface area contributed by atoms with Gasteiger partial charge in [-0.1, -0.05) is 30.3 Å². The van der Waals surface area contributed by atoms with Crippen molar-refractivity contribution in [3.8, 4) is 23.0 Å². The summed E-state index contributed by atoms with van der Waals surface area (Å²) in [6.07, 6.45) is 0. The van der Waals surface area contributed by atoms with Crippen LogP contribution in [0, 0.1) is 0 Å². The van der Waals surface area contributed by atoms with Crippen LogP contribution in [0.3, 0.4) is 0 Å². The van der Waals surface area contributed by atoms with Gasteiger partial charge in [0.2, 0.25) is 11.5 Å². The van der Waals surface area contributed by atoms with Crippen LogP contribution in [-0.4, -0.2) is 26.2 Å². The molecule has 0 bridgehead atoms. The summed E-state index contributed by atoms with van der Waals surface area (Å²) in [6, 6.07) is 8.97. The molecule has 0 saturated carbocycles. The second-order valence-corrected chi connectivity index (χ2v) is 3.68. The molecule has 0 aromatic heterocycles. The molecule has 5 heteroatoms. The molecule has 0 amide bonds. The maximum Gasteiger partial charge on any atom is 0.205 e. The van der Waals surface area contributed by atoms with Gasteiger partial charge >= 0.3 is 0 Å². The summed E-state index contributed by atoms with van der Waals surface area (Å²) in [6.45, 7) is 0. The first-order valence-electron chi connectivity index (χ1n) is 5.09. The highest BCUT2D eigenvalue weighted by Crippen LogP contribution is 2.44. The zero-order valence-electron chi connectivity index (χ0n) is 9.16. The third-order valence-corrected chi connectivity index (χ3v) is 2.51. The molecule has 0 fully saturated rings. The highest BCUT2D eigenvalue weighted by Gasteiger charge is 2.21. The number of benzene rings is 2. The molecule has 0 spiro atoms. The topological polar surface area (TPSA) is 98.0 Å². The summed E-state index contributed by atoms with van der Waals surface area (Å²) < 4.78 is 0. The van der Waals surface area contributed by atoms with Crippen LogP contribution in [0.5, 0.6) is 23.0 Å². The molecule has 0 heterocycles. The lowest BCUT2D eigenvalue weighted by molar-refractivity contribution is 0.103. The minimum atomic E-state index is -0.922. The summed E-state index contributed by atoms with van der Waals surface area (Å²) in [5, 5.41) is 37.5. The monoisotopic (exact) mass is 246 g/mol. The van der Waals surface area contributed by atoms with Crippen LogP contribution in [0.2, 0.25) is 0 Å². The maximum atomic E-state index is 12.0. The number of hydrogen-bond donors (Lipinski definition) is 4. The molecule has 0 saturated heterocycles. The van der Waals surface area contributed by atoms with Gasteiger partial charge in [0.15, 0.2) is 17.3 Å². The Balaban J connectivity index is 2.56. The molecule has 2 aromatic carbocycles. The van der Waals surface area contributed by atoms with E-state index in [4.69, 9.17) is 0 Å². The van der Waals surface area contributed by atoms with Crippen LogP contribution in [0.4, 0.5) is 0 Å². The Morgan fingerprint density at radius 3 is 2.06 bits per heavy atom. The summed E-state index contributed by atoms with van der Waals surface area (Å²) in [5.41, 5.74) is 0.00582. The van der Waals surface area contributed by atoms with E-state index in [0.29, 0.717) is 0 Å². The van der Waals surface area contributed by atoms with E-state index in [1.54, 1.807) is 18.2 Å². The van der Waals surface area contributed by atoms with E-state index in [9.17, 15) is 25.2 Å². The molecule has 2 aromatic rings. The van der Waals surface area contributed by atoms with Gasteiger partial charge in [0.1, 0.15) is 0 Å². The Labute approximate surface area is 102 Å². The van der Waals surface area contributed by atoms with Crippen LogP contribution in [0.1, 0.15) is 15.9 Å². The predicted octanol–water partition coefficient (Wildman–Crippen LogP) is 1.74. The molecule has 0 radical (unpaired) electrons. The van der Waals surface area contributed by atoms with Crippen LogP contribution >= 0.6 is 0 Å². The summed E-state index contributed by atoms with van der Waals surface area (Å²) in [4.78, 5) is 12.0. The van der Waals surface area contributed by atoms with E-state index in [2.05, 4.69) is 0 Å². The van der Waals surface area contributed by atoms with E-state index in [1.165, 1.54) is 12.1 Å². The molecule has 0 aliphatic heterocycles. The maximum absolute atomic E-state index is 12.0. The Morgan fingerprint density at radius 2 is 1.44 bits per heavy atom. The highest BCUT2D eigenvalue weighted by molar-refractivity contribution is 6.11. The SMILES string of the molecule is O=C(c1ccccc1)c1cc(O)c(O)c(O)c1O. The van der Waals surface area contributed by atoms with Gasteiger partial charge in [-0.15, -0.1) is 0 Å². The lowest BCUT2D eigenvalue weighted by Gasteiger charge is -2.08. The van der Waals surface area contributed by atoms with Gasteiger partial charge in [-0.3, -0.25) is 4.79 Å². The minimum absolute atomic E-state index is 0.283. The molecular formula is C13H10O5. The predicted molar refractivity (Wildman–Crippen MR) is 63.0 cm³/mol. The number of phenols is 4. The number of rotatable bonds is 2. The van der Waals surface area contributed by atoms with Crippen molar-refractivity contribution in [1.29, 1.82) is 0 Å². The first kappa shape index (κ1) is 11.8. The van der Waals surface area contributed by atoms with Crippen molar-refractivity contribution >= 4 is 5.78 Å². The molecule has 18 heavy (non-hydrogen) atoms. The Hall–Kier alpha value is -2.69. The van der Waals surface area contributed by atoms with Gasteiger partial charge in [-0.2, -0.15) is 0 Å². The Morgan fingerprint density at radius 1 is 0.833 bits per heavy atom. The van der Waals surface area contributed by atoms with Crippen molar-refractivity contribution in [3.05, 3.63) is 47.5 Å². The van der Waals surface area contributed by atoms with Gasteiger partial charge in [0.25, 0.3) is 0 Å². The van der Waals surface area contributed by atoms with Crippen molar-refractivity contribution in [3.63, 3.8) is 0 Å². The van der Waals surface area contributed by atoms with E-state index in [0.717, 1.165) is 6.07 Å². The number of ketones is 1. The second kappa shape index (κ2) is 4.29. The van der Waals surface area contributed by atoms with Crippen LogP contribution in [0.25, 0.3) is 0 Å². The van der Waals surface area contributed by atoms with Gasteiger partial charge in [0, 0.05) is 5.56 Å². The normalized spacial score (nSPS) is 10.2. The number of hydrogen-bond acceptors (Lipinski definition) is 5. The zero-order valence-corrected chi connectivity index (χ0v) is 9.16. The molecule has 0 unspecified atom stereocenters. The quantitative estimate of drug-likeness (QED) is 0.367. The molecule has 0 atom stereocenters. The van der Waals surface area contributed by atoms with Gasteiger partial charge < -0.3 is 20.4 Å². The zero-order chi connectivity index (χ0) is 13.3. The van der Waals surface area contributed by atoms with Gasteiger partial charge in [0.05, 0.1) is 5.56 Å². The number of carbonyl (C=O) groups excluding carboxylic acids is 1. The lowest BCUT2D eigenvalue weighted by atomic mass is 10.0. The summed E-state index contributed by atoms with van der Waals surface area (Å²) >= 11 is 0. The Bertz CT molecular complexity index is 605. The molecule has 4 N–H and O–H groups in total. The fourth-order valence-electron chi connectivity index (χ4n) is 1.55. The van der Waals surface area contributed by atoms with E-state index in [-0.39, 0.29) is 11.1 Å². The first-order chi connectivity index (χ1) is 8.52. The minimum Gasteiger partial charge on any atom is -0.504 e. The average Bonchev–Trinajstić information content (AvgIpc) is 2.41. The van der Waals surface area contributed by atoms with Gasteiger partial charge in [-0.05, 0) is 6.07 Å². The van der Waals surface area contributed by atoms with Crippen molar-refractivity contribution in [2.75, 3.05) is 0 Å². The van der Waals surface area contributed by atoms with E-state index >= 15 is 0 Å². The third-order valence-electron chi connectivity index (χ3n) is 2.51. The standard InChI is InChI=1S/C13H10O5/c14-9-6-8(11(16)13(18)12(9)17)10(15)7-4-2-1-3-5-7/h1-6,14,16-18H. The van der Waals surface area contributed by atoms with Crippen LogP contribution < -0.4 is 0 Å². The Kier molecular flexibility index (Phi) is 2.81. The van der Waals surface area contributed by atoms with Crippen LogP contribution in [-0.2, 0) is 0 Å². The van der Waals surface area contributed by atoms with E-state index in [1.807, 2.05) is 0 Å².